The Hall–Kier alpha value is -1.86. The summed E-state index contributed by atoms with van der Waals surface area (Å²) in [7, 11) is 0. The molecule has 1 fully saturated rings. The molecule has 0 N–H and O–H groups in total. The van der Waals surface area contributed by atoms with E-state index < -0.39 is 0 Å². The summed E-state index contributed by atoms with van der Waals surface area (Å²) in [5, 5.41) is 0. The second-order valence-electron chi connectivity index (χ2n) is 5.81. The van der Waals surface area contributed by atoms with E-state index in [1.807, 2.05) is 0 Å². The van der Waals surface area contributed by atoms with Crippen molar-refractivity contribution < 1.29 is 0 Å². The predicted octanol–water partition coefficient (Wildman–Crippen LogP) is 4.85. The van der Waals surface area contributed by atoms with E-state index in [4.69, 9.17) is 0 Å². The number of nitrogens with zero attached hydrogens (tertiary/aromatic N) is 1. The van der Waals surface area contributed by atoms with Crippen molar-refractivity contribution in [3.63, 3.8) is 0 Å². The van der Waals surface area contributed by atoms with Crippen LogP contribution in [0.15, 0.2) is 60.7 Å². The largest absolute Gasteiger partial charge is 0.300 e. The van der Waals surface area contributed by atoms with Crippen molar-refractivity contribution in [1.29, 1.82) is 0 Å². The number of hydrogen-bond acceptors (Lipinski definition) is 1. The summed E-state index contributed by atoms with van der Waals surface area (Å²) < 4.78 is 0. The Bertz CT molecular complexity index is 607. The van der Waals surface area contributed by atoms with Gasteiger partial charge in [0.2, 0.25) is 0 Å². The van der Waals surface area contributed by atoms with Crippen molar-refractivity contribution in [3.05, 3.63) is 66.2 Å². The summed E-state index contributed by atoms with van der Waals surface area (Å²) >= 11 is 0. The topological polar surface area (TPSA) is 3.24 Å². The van der Waals surface area contributed by atoms with Crippen LogP contribution in [-0.2, 0) is 0 Å². The van der Waals surface area contributed by atoms with Gasteiger partial charge in [0.15, 0.2) is 0 Å². The summed E-state index contributed by atoms with van der Waals surface area (Å²) in [6.45, 7) is 5.82. The van der Waals surface area contributed by atoms with Crippen molar-refractivity contribution >= 4 is 5.57 Å². The lowest BCUT2D eigenvalue weighted by molar-refractivity contribution is 0.377. The van der Waals surface area contributed by atoms with Crippen LogP contribution < -0.4 is 0 Å². The Balaban J connectivity index is 1.86. The SMILES string of the molecule is CC(=CCN1CCCC1)c1ccccc1-c1ccccc1. The standard InChI is InChI=1S/C20H23N/c1-17(13-16-21-14-7-8-15-21)19-11-5-6-12-20(19)18-9-3-2-4-10-18/h2-6,9-13H,7-8,14-16H2,1H3. The van der Waals surface area contributed by atoms with Gasteiger partial charge in [0.05, 0.1) is 0 Å². The van der Waals surface area contributed by atoms with Crippen LogP contribution in [0, 0.1) is 0 Å². The van der Waals surface area contributed by atoms with Crippen LogP contribution in [0.3, 0.4) is 0 Å². The Morgan fingerprint density at radius 3 is 2.38 bits per heavy atom. The van der Waals surface area contributed by atoms with Crippen LogP contribution in [0.1, 0.15) is 25.3 Å². The fraction of sp³-hybridized carbons (Fsp3) is 0.300. The van der Waals surface area contributed by atoms with Crippen molar-refractivity contribution in [2.45, 2.75) is 19.8 Å². The summed E-state index contributed by atoms with van der Waals surface area (Å²) in [6.07, 6.45) is 5.09. The molecule has 3 rings (SSSR count). The van der Waals surface area contributed by atoms with Crippen LogP contribution in [0.2, 0.25) is 0 Å². The minimum absolute atomic E-state index is 1.08. The number of rotatable bonds is 4. The third kappa shape index (κ3) is 3.43. The van der Waals surface area contributed by atoms with Gasteiger partial charge in [-0.05, 0) is 55.1 Å². The van der Waals surface area contributed by atoms with E-state index in [1.54, 1.807) is 0 Å². The van der Waals surface area contributed by atoms with Gasteiger partial charge < -0.3 is 0 Å². The van der Waals surface area contributed by atoms with E-state index in [9.17, 15) is 0 Å². The molecule has 0 bridgehead atoms. The molecular formula is C20H23N. The molecular weight excluding hydrogens is 254 g/mol. The van der Waals surface area contributed by atoms with Crippen molar-refractivity contribution in [3.8, 4) is 11.1 Å². The first kappa shape index (κ1) is 14.1. The van der Waals surface area contributed by atoms with Gasteiger partial charge in [-0.15, -0.1) is 0 Å². The first-order valence-electron chi connectivity index (χ1n) is 7.88. The zero-order chi connectivity index (χ0) is 14.5. The van der Waals surface area contributed by atoms with Gasteiger partial charge >= 0.3 is 0 Å². The average molecular weight is 277 g/mol. The third-order valence-electron chi connectivity index (χ3n) is 4.29. The second kappa shape index (κ2) is 6.73. The molecule has 0 aromatic heterocycles. The van der Waals surface area contributed by atoms with E-state index in [0.29, 0.717) is 0 Å². The average Bonchev–Trinajstić information content (AvgIpc) is 3.07. The van der Waals surface area contributed by atoms with Crippen molar-refractivity contribution in [1.82, 2.24) is 4.90 Å². The Kier molecular flexibility index (Phi) is 4.52. The highest BCUT2D eigenvalue weighted by atomic mass is 15.1. The third-order valence-corrected chi connectivity index (χ3v) is 4.29. The quantitative estimate of drug-likeness (QED) is 0.772. The number of hydrogen-bond donors (Lipinski definition) is 0. The highest BCUT2D eigenvalue weighted by Crippen LogP contribution is 2.28. The molecule has 0 amide bonds. The maximum Gasteiger partial charge on any atom is 0.0169 e. The molecule has 1 aliphatic heterocycles. The van der Waals surface area contributed by atoms with Gasteiger partial charge in [-0.25, -0.2) is 0 Å². The lowest BCUT2D eigenvalue weighted by Crippen LogP contribution is -2.18. The van der Waals surface area contributed by atoms with E-state index in [0.717, 1.165) is 6.54 Å². The minimum atomic E-state index is 1.08. The first-order valence-corrected chi connectivity index (χ1v) is 7.88. The molecule has 1 heterocycles. The molecule has 1 aliphatic rings. The molecule has 21 heavy (non-hydrogen) atoms. The molecule has 0 atom stereocenters. The monoisotopic (exact) mass is 277 g/mol. The van der Waals surface area contributed by atoms with Crippen molar-refractivity contribution in [2.75, 3.05) is 19.6 Å². The van der Waals surface area contributed by atoms with E-state index in [1.165, 1.54) is 48.2 Å². The van der Waals surface area contributed by atoms with Crippen molar-refractivity contribution in [2.24, 2.45) is 0 Å². The Morgan fingerprint density at radius 1 is 0.952 bits per heavy atom. The first-order chi connectivity index (χ1) is 10.3. The maximum atomic E-state index is 2.54. The molecule has 0 aliphatic carbocycles. The maximum absolute atomic E-state index is 2.54. The zero-order valence-corrected chi connectivity index (χ0v) is 12.8. The molecule has 2 aromatic carbocycles. The van der Waals surface area contributed by atoms with Crippen LogP contribution in [-0.4, -0.2) is 24.5 Å². The summed E-state index contributed by atoms with van der Waals surface area (Å²) in [5.74, 6) is 0. The summed E-state index contributed by atoms with van der Waals surface area (Å²) in [6, 6.07) is 19.4. The van der Waals surface area contributed by atoms with Gasteiger partial charge in [-0.2, -0.15) is 0 Å². The number of likely N-dealkylation sites (tertiary alicyclic amines) is 1. The number of allylic oxidation sites excluding steroid dienone is 1. The van der Waals surface area contributed by atoms with Gasteiger partial charge in [0.25, 0.3) is 0 Å². The highest BCUT2D eigenvalue weighted by Gasteiger charge is 2.10. The number of benzene rings is 2. The molecule has 0 spiro atoms. The van der Waals surface area contributed by atoms with Crippen LogP contribution >= 0.6 is 0 Å². The van der Waals surface area contributed by atoms with Crippen LogP contribution in [0.25, 0.3) is 16.7 Å². The lowest BCUT2D eigenvalue weighted by Gasteiger charge is -2.14. The summed E-state index contributed by atoms with van der Waals surface area (Å²) in [4.78, 5) is 2.54. The van der Waals surface area contributed by atoms with E-state index in [-0.39, 0.29) is 0 Å². The second-order valence-corrected chi connectivity index (χ2v) is 5.81. The molecule has 0 radical (unpaired) electrons. The fourth-order valence-corrected chi connectivity index (χ4v) is 3.04. The molecule has 0 unspecified atom stereocenters. The zero-order valence-electron chi connectivity index (χ0n) is 12.8. The van der Waals surface area contributed by atoms with Gasteiger partial charge in [-0.1, -0.05) is 60.7 Å². The summed E-state index contributed by atoms with van der Waals surface area (Å²) in [5.41, 5.74) is 5.35. The van der Waals surface area contributed by atoms with Crippen LogP contribution in [0.5, 0.6) is 0 Å². The fourth-order valence-electron chi connectivity index (χ4n) is 3.04. The van der Waals surface area contributed by atoms with E-state index >= 15 is 0 Å². The Morgan fingerprint density at radius 2 is 1.62 bits per heavy atom. The highest BCUT2D eigenvalue weighted by molar-refractivity contribution is 5.80. The smallest absolute Gasteiger partial charge is 0.0169 e. The lowest BCUT2D eigenvalue weighted by atomic mass is 9.95. The molecule has 1 nitrogen and oxygen atoms in total. The van der Waals surface area contributed by atoms with Crippen LogP contribution in [0.4, 0.5) is 0 Å². The Labute approximate surface area is 127 Å². The molecule has 2 aromatic rings. The normalized spacial score (nSPS) is 16.3. The molecule has 1 saturated heterocycles. The molecule has 108 valence electrons. The van der Waals surface area contributed by atoms with Gasteiger partial charge in [0.1, 0.15) is 0 Å². The van der Waals surface area contributed by atoms with Gasteiger partial charge in [-0.3, -0.25) is 4.90 Å². The molecule has 0 saturated carbocycles. The van der Waals surface area contributed by atoms with Gasteiger partial charge in [0, 0.05) is 6.54 Å². The molecule has 1 heteroatoms. The predicted molar refractivity (Wildman–Crippen MR) is 91.2 cm³/mol. The minimum Gasteiger partial charge on any atom is -0.300 e. The van der Waals surface area contributed by atoms with E-state index in [2.05, 4.69) is 72.5 Å².